The Morgan fingerprint density at radius 1 is 1.06 bits per heavy atom. The maximum absolute atomic E-state index is 6.09. The lowest BCUT2D eigenvalue weighted by Crippen LogP contribution is -2.31. The fourth-order valence-electron chi connectivity index (χ4n) is 2.28. The number of unbranched alkanes of at least 4 members (excludes halogenated alkanes) is 1. The first-order valence-electron chi connectivity index (χ1n) is 6.92. The second-order valence-corrected chi connectivity index (χ2v) is 6.89. The zero-order valence-corrected chi connectivity index (χ0v) is 13.4. The van der Waals surface area contributed by atoms with Crippen LogP contribution in [0.2, 0.25) is 0 Å². The van der Waals surface area contributed by atoms with Crippen LogP contribution in [0.3, 0.4) is 0 Å². The van der Waals surface area contributed by atoms with Crippen LogP contribution >= 0.6 is 15.9 Å². The lowest BCUT2D eigenvalue weighted by atomic mass is 9.82. The van der Waals surface area contributed by atoms with Gasteiger partial charge in [-0.2, -0.15) is 0 Å². The summed E-state index contributed by atoms with van der Waals surface area (Å²) in [7, 11) is -0.0682. The van der Waals surface area contributed by atoms with E-state index in [1.807, 2.05) is 0 Å². The van der Waals surface area contributed by atoms with E-state index in [9.17, 15) is 0 Å². The highest BCUT2D eigenvalue weighted by Gasteiger charge is 2.45. The summed E-state index contributed by atoms with van der Waals surface area (Å²) in [5.41, 5.74) is 0. The molecule has 0 bridgehead atoms. The Bertz CT molecular complexity index is 207. The Kier molecular flexibility index (Phi) is 6.53. The molecule has 17 heavy (non-hydrogen) atoms. The number of hydrogen-bond donors (Lipinski definition) is 0. The van der Waals surface area contributed by atoms with Crippen molar-refractivity contribution in [1.82, 2.24) is 0 Å². The van der Waals surface area contributed by atoms with Crippen LogP contribution in [0.15, 0.2) is 0 Å². The minimum absolute atomic E-state index is 0.0682. The summed E-state index contributed by atoms with van der Waals surface area (Å²) >= 11 is 3.71. The van der Waals surface area contributed by atoms with Gasteiger partial charge in [0.2, 0.25) is 0 Å². The van der Waals surface area contributed by atoms with Crippen LogP contribution in [0.25, 0.3) is 0 Å². The van der Waals surface area contributed by atoms with Gasteiger partial charge in [-0.15, -0.1) is 0 Å². The molecule has 0 radical (unpaired) electrons. The Hall–Kier alpha value is 0.465. The molecule has 4 heteroatoms. The predicted molar refractivity (Wildman–Crippen MR) is 77.4 cm³/mol. The quantitative estimate of drug-likeness (QED) is 0.544. The summed E-state index contributed by atoms with van der Waals surface area (Å²) in [4.78, 5) is 0. The second kappa shape index (κ2) is 7.15. The fourth-order valence-corrected chi connectivity index (χ4v) is 2.85. The number of halogens is 1. The lowest BCUT2D eigenvalue weighted by Gasteiger charge is -2.24. The zero-order chi connectivity index (χ0) is 13.0. The van der Waals surface area contributed by atoms with Crippen molar-refractivity contribution in [3.05, 3.63) is 0 Å². The number of rotatable bonds is 6. The minimum Gasteiger partial charge on any atom is -0.405 e. The SMILES string of the molecule is CCCC[C@H](Br)B1O[C@@H](C(C)C)[C@H](C(C)C)O1. The molecule has 0 spiro atoms. The molecule has 0 aromatic carbocycles. The predicted octanol–water partition coefficient (Wildman–Crippen LogP) is 4.06. The van der Waals surface area contributed by atoms with Crippen LogP contribution < -0.4 is 0 Å². The molecule has 1 heterocycles. The van der Waals surface area contributed by atoms with Crippen molar-refractivity contribution < 1.29 is 9.31 Å². The third-order valence-corrected chi connectivity index (χ3v) is 4.24. The highest BCUT2D eigenvalue weighted by molar-refractivity contribution is 9.10. The third kappa shape index (κ3) is 4.25. The summed E-state index contributed by atoms with van der Waals surface area (Å²) in [5.74, 6) is 1.02. The van der Waals surface area contributed by atoms with Crippen LogP contribution in [-0.4, -0.2) is 24.1 Å². The van der Waals surface area contributed by atoms with Crippen molar-refractivity contribution in [3.63, 3.8) is 0 Å². The smallest absolute Gasteiger partial charge is 0.405 e. The van der Waals surface area contributed by atoms with Gasteiger partial charge < -0.3 is 9.31 Å². The third-order valence-electron chi connectivity index (χ3n) is 3.35. The summed E-state index contributed by atoms with van der Waals surface area (Å²) < 4.78 is 12.5. The molecule has 0 aromatic heterocycles. The molecule has 2 nitrogen and oxygen atoms in total. The van der Waals surface area contributed by atoms with Crippen molar-refractivity contribution >= 4 is 23.0 Å². The van der Waals surface area contributed by atoms with Crippen LogP contribution in [0, 0.1) is 11.8 Å². The molecule has 0 amide bonds. The van der Waals surface area contributed by atoms with Gasteiger partial charge in [0.1, 0.15) is 0 Å². The summed E-state index contributed by atoms with van der Waals surface area (Å²) in [6.07, 6.45) is 4.04. The van der Waals surface area contributed by atoms with Crippen LogP contribution in [0.5, 0.6) is 0 Å². The molecular formula is C13H26BBrO2. The van der Waals surface area contributed by atoms with Gasteiger partial charge in [0, 0.05) is 4.73 Å². The molecule has 0 aromatic rings. The summed E-state index contributed by atoms with van der Waals surface area (Å²) in [6.45, 7) is 11.0. The molecule has 0 saturated carbocycles. The normalized spacial score (nSPS) is 27.2. The Labute approximate surface area is 115 Å². The average molecular weight is 305 g/mol. The van der Waals surface area contributed by atoms with E-state index in [1.54, 1.807) is 0 Å². The first kappa shape index (κ1) is 15.5. The van der Waals surface area contributed by atoms with Gasteiger partial charge >= 0.3 is 7.12 Å². The zero-order valence-electron chi connectivity index (χ0n) is 11.8. The molecule has 0 N–H and O–H groups in total. The molecule has 100 valence electrons. The molecular weight excluding hydrogens is 279 g/mol. The van der Waals surface area contributed by atoms with Crippen molar-refractivity contribution in [3.8, 4) is 0 Å². The van der Waals surface area contributed by atoms with Crippen molar-refractivity contribution in [1.29, 1.82) is 0 Å². The maximum Gasteiger partial charge on any atom is 0.472 e. The van der Waals surface area contributed by atoms with Crippen molar-refractivity contribution in [2.24, 2.45) is 11.8 Å². The van der Waals surface area contributed by atoms with Gasteiger partial charge in [0.05, 0.1) is 12.2 Å². The molecule has 1 fully saturated rings. The fraction of sp³-hybridized carbons (Fsp3) is 1.00. The molecule has 0 aliphatic carbocycles. The number of hydrogen-bond acceptors (Lipinski definition) is 2. The molecule has 0 unspecified atom stereocenters. The Morgan fingerprint density at radius 2 is 1.53 bits per heavy atom. The van der Waals surface area contributed by atoms with Crippen LogP contribution in [0.4, 0.5) is 0 Å². The van der Waals surface area contributed by atoms with E-state index < -0.39 is 0 Å². The van der Waals surface area contributed by atoms with Gasteiger partial charge in [-0.25, -0.2) is 0 Å². The molecule has 1 aliphatic rings. The molecule has 1 rings (SSSR count). The first-order valence-corrected chi connectivity index (χ1v) is 7.83. The van der Waals surface area contributed by atoms with Crippen LogP contribution in [-0.2, 0) is 9.31 Å². The highest BCUT2D eigenvalue weighted by atomic mass is 79.9. The van der Waals surface area contributed by atoms with Gasteiger partial charge in [-0.3, -0.25) is 0 Å². The van der Waals surface area contributed by atoms with E-state index >= 15 is 0 Å². The van der Waals surface area contributed by atoms with Crippen LogP contribution in [0.1, 0.15) is 53.9 Å². The molecule has 1 aliphatic heterocycles. The van der Waals surface area contributed by atoms with E-state index in [0.717, 1.165) is 6.42 Å². The minimum atomic E-state index is -0.0682. The van der Waals surface area contributed by atoms with Gasteiger partial charge in [-0.05, 0) is 18.3 Å². The van der Waals surface area contributed by atoms with Gasteiger partial charge in [0.15, 0.2) is 0 Å². The van der Waals surface area contributed by atoms with E-state index in [-0.39, 0.29) is 19.3 Å². The van der Waals surface area contributed by atoms with E-state index in [2.05, 4.69) is 50.5 Å². The van der Waals surface area contributed by atoms with E-state index in [1.165, 1.54) is 12.8 Å². The molecule has 3 atom stereocenters. The van der Waals surface area contributed by atoms with E-state index in [0.29, 0.717) is 16.6 Å². The first-order chi connectivity index (χ1) is 7.97. The summed E-state index contributed by atoms with van der Waals surface area (Å²) in [5, 5.41) is 0. The van der Waals surface area contributed by atoms with Gasteiger partial charge in [0.25, 0.3) is 0 Å². The van der Waals surface area contributed by atoms with E-state index in [4.69, 9.17) is 9.31 Å². The van der Waals surface area contributed by atoms with Gasteiger partial charge in [-0.1, -0.05) is 63.4 Å². The standard InChI is InChI=1S/C13H26BBrO2/c1-6-7-8-11(15)14-16-12(9(2)3)13(17-14)10(4)5/h9-13H,6-8H2,1-5H3/t11-,12-,13-/m0/s1. The number of alkyl halides is 1. The van der Waals surface area contributed by atoms with Crippen molar-refractivity contribution in [2.75, 3.05) is 0 Å². The maximum atomic E-state index is 6.09. The monoisotopic (exact) mass is 304 g/mol. The largest absolute Gasteiger partial charge is 0.472 e. The molecule has 1 saturated heterocycles. The topological polar surface area (TPSA) is 18.5 Å². The summed E-state index contributed by atoms with van der Waals surface area (Å²) in [6, 6.07) is 0. The Balaban J connectivity index is 2.55. The lowest BCUT2D eigenvalue weighted by molar-refractivity contribution is 0.0815. The van der Waals surface area contributed by atoms with Crippen molar-refractivity contribution in [2.45, 2.75) is 70.8 Å². The Morgan fingerprint density at radius 3 is 1.88 bits per heavy atom. The average Bonchev–Trinajstić information content (AvgIpc) is 2.70. The highest BCUT2D eigenvalue weighted by Crippen LogP contribution is 2.31. The second-order valence-electron chi connectivity index (χ2n) is 5.72.